The van der Waals surface area contributed by atoms with Crippen LogP contribution in [0.3, 0.4) is 0 Å². The molecule has 0 N–H and O–H groups in total. The largest absolute Gasteiger partial charge is 0.312 e. The summed E-state index contributed by atoms with van der Waals surface area (Å²) in [7, 11) is 0. The van der Waals surface area contributed by atoms with E-state index in [1.165, 1.54) is 17.3 Å². The van der Waals surface area contributed by atoms with E-state index in [1.807, 2.05) is 24.0 Å². The van der Waals surface area contributed by atoms with Crippen molar-refractivity contribution in [2.45, 2.75) is 27.2 Å². The first-order chi connectivity index (χ1) is 8.97. The van der Waals surface area contributed by atoms with Gasteiger partial charge in [0.1, 0.15) is 0 Å². The smallest absolute Gasteiger partial charge is 0.227 e. The van der Waals surface area contributed by atoms with E-state index in [2.05, 4.69) is 13.0 Å². The number of hydrogen-bond donors (Lipinski definition) is 0. The van der Waals surface area contributed by atoms with Gasteiger partial charge < -0.3 is 4.90 Å². The second-order valence-electron chi connectivity index (χ2n) is 5.17. The van der Waals surface area contributed by atoms with Crippen LogP contribution in [0.15, 0.2) is 18.2 Å². The maximum atomic E-state index is 12.1. The minimum Gasteiger partial charge on any atom is -0.312 e. The Balaban J connectivity index is 2.09. The SMILES string of the molecule is CC(=O)SCC1CC(=O)N(c2ccc(C)cc2C)C1. The van der Waals surface area contributed by atoms with Gasteiger partial charge in [-0.1, -0.05) is 29.5 Å². The second kappa shape index (κ2) is 5.78. The van der Waals surface area contributed by atoms with Crippen molar-refractivity contribution in [2.24, 2.45) is 5.92 Å². The summed E-state index contributed by atoms with van der Waals surface area (Å²) < 4.78 is 0. The van der Waals surface area contributed by atoms with Gasteiger partial charge in [-0.2, -0.15) is 0 Å². The Labute approximate surface area is 118 Å². The van der Waals surface area contributed by atoms with Crippen molar-refractivity contribution in [3.63, 3.8) is 0 Å². The molecule has 3 nitrogen and oxygen atoms in total. The maximum Gasteiger partial charge on any atom is 0.227 e. The average molecular weight is 277 g/mol. The topological polar surface area (TPSA) is 37.4 Å². The molecular formula is C15H19NO2S. The van der Waals surface area contributed by atoms with Gasteiger partial charge in [-0.25, -0.2) is 0 Å². The average Bonchev–Trinajstić information content (AvgIpc) is 2.68. The molecule has 0 saturated carbocycles. The summed E-state index contributed by atoms with van der Waals surface area (Å²) >= 11 is 1.32. The molecular weight excluding hydrogens is 258 g/mol. The summed E-state index contributed by atoms with van der Waals surface area (Å²) in [6, 6.07) is 6.15. The quantitative estimate of drug-likeness (QED) is 0.852. The van der Waals surface area contributed by atoms with Crippen molar-refractivity contribution >= 4 is 28.5 Å². The van der Waals surface area contributed by atoms with E-state index in [0.29, 0.717) is 6.42 Å². The molecule has 1 unspecified atom stereocenters. The summed E-state index contributed by atoms with van der Waals surface area (Å²) in [6.07, 6.45) is 0.549. The van der Waals surface area contributed by atoms with E-state index >= 15 is 0 Å². The van der Waals surface area contributed by atoms with Crippen LogP contribution in [0.25, 0.3) is 0 Å². The lowest BCUT2D eigenvalue weighted by atomic mass is 10.1. The number of carbonyl (C=O) groups is 2. The molecule has 102 valence electrons. The third-order valence-electron chi connectivity index (χ3n) is 3.37. The second-order valence-corrected chi connectivity index (χ2v) is 6.36. The number of amides is 1. The Morgan fingerprint density at radius 1 is 1.42 bits per heavy atom. The first kappa shape index (κ1) is 14.1. The molecule has 1 heterocycles. The summed E-state index contributed by atoms with van der Waals surface area (Å²) in [5.74, 6) is 1.19. The van der Waals surface area contributed by atoms with Gasteiger partial charge in [0.05, 0.1) is 0 Å². The third-order valence-corrected chi connectivity index (χ3v) is 4.42. The van der Waals surface area contributed by atoms with Crippen LogP contribution in [-0.2, 0) is 9.59 Å². The fourth-order valence-corrected chi connectivity index (χ4v) is 3.16. The van der Waals surface area contributed by atoms with Crippen LogP contribution in [0, 0.1) is 19.8 Å². The predicted octanol–water partition coefficient (Wildman–Crippen LogP) is 2.94. The number of thioether (sulfide) groups is 1. The lowest BCUT2D eigenvalue weighted by Crippen LogP contribution is -2.25. The number of nitrogens with zero attached hydrogens (tertiary/aromatic N) is 1. The Kier molecular flexibility index (Phi) is 4.30. The standard InChI is InChI=1S/C15H19NO2S/c1-10-4-5-14(11(2)6-10)16-8-13(7-15(16)18)9-19-12(3)17/h4-6,13H,7-9H2,1-3H3. The highest BCUT2D eigenvalue weighted by molar-refractivity contribution is 8.13. The van der Waals surface area contributed by atoms with Crippen molar-refractivity contribution in [1.29, 1.82) is 0 Å². The fourth-order valence-electron chi connectivity index (χ4n) is 2.47. The molecule has 1 saturated heterocycles. The molecule has 0 aliphatic carbocycles. The predicted molar refractivity (Wildman–Crippen MR) is 79.5 cm³/mol. The van der Waals surface area contributed by atoms with E-state index in [9.17, 15) is 9.59 Å². The molecule has 1 aliphatic heterocycles. The maximum absolute atomic E-state index is 12.1. The van der Waals surface area contributed by atoms with Gasteiger partial charge in [0.25, 0.3) is 0 Å². The van der Waals surface area contributed by atoms with Crippen molar-refractivity contribution in [2.75, 3.05) is 17.2 Å². The molecule has 4 heteroatoms. The summed E-state index contributed by atoms with van der Waals surface area (Å²) in [5.41, 5.74) is 3.34. The molecule has 2 rings (SSSR count). The number of benzene rings is 1. The van der Waals surface area contributed by atoms with Crippen LogP contribution in [0.1, 0.15) is 24.5 Å². The molecule has 0 spiro atoms. The zero-order valence-electron chi connectivity index (χ0n) is 11.6. The van der Waals surface area contributed by atoms with Gasteiger partial charge in [0.15, 0.2) is 5.12 Å². The highest BCUT2D eigenvalue weighted by Crippen LogP contribution is 2.30. The Hall–Kier alpha value is -1.29. The molecule has 1 amide bonds. The van der Waals surface area contributed by atoms with Gasteiger partial charge in [0, 0.05) is 31.3 Å². The number of rotatable bonds is 3. The minimum absolute atomic E-state index is 0.123. The minimum atomic E-state index is 0.123. The lowest BCUT2D eigenvalue weighted by molar-refractivity contribution is -0.117. The normalized spacial score (nSPS) is 19.0. The molecule has 1 fully saturated rings. The molecule has 1 aromatic carbocycles. The summed E-state index contributed by atoms with van der Waals surface area (Å²) in [4.78, 5) is 24.9. The van der Waals surface area contributed by atoms with Crippen LogP contribution >= 0.6 is 11.8 Å². The van der Waals surface area contributed by atoms with E-state index in [1.54, 1.807) is 6.92 Å². The van der Waals surface area contributed by atoms with Gasteiger partial charge in [0.2, 0.25) is 5.91 Å². The highest BCUT2D eigenvalue weighted by Gasteiger charge is 2.31. The first-order valence-corrected chi connectivity index (χ1v) is 7.47. The lowest BCUT2D eigenvalue weighted by Gasteiger charge is -2.19. The van der Waals surface area contributed by atoms with Crippen molar-refractivity contribution in [3.8, 4) is 0 Å². The van der Waals surface area contributed by atoms with Crippen LogP contribution in [0.2, 0.25) is 0 Å². The Morgan fingerprint density at radius 3 is 2.79 bits per heavy atom. The number of aryl methyl sites for hydroxylation is 2. The van der Waals surface area contributed by atoms with E-state index in [4.69, 9.17) is 0 Å². The van der Waals surface area contributed by atoms with E-state index in [0.717, 1.165) is 23.5 Å². The molecule has 0 bridgehead atoms. The van der Waals surface area contributed by atoms with E-state index in [-0.39, 0.29) is 16.9 Å². The zero-order valence-corrected chi connectivity index (χ0v) is 12.4. The van der Waals surface area contributed by atoms with Crippen molar-refractivity contribution in [3.05, 3.63) is 29.3 Å². The monoisotopic (exact) mass is 277 g/mol. The molecule has 1 aliphatic rings. The van der Waals surface area contributed by atoms with Crippen molar-refractivity contribution in [1.82, 2.24) is 0 Å². The highest BCUT2D eigenvalue weighted by atomic mass is 32.2. The van der Waals surface area contributed by atoms with Crippen LogP contribution in [-0.4, -0.2) is 23.3 Å². The van der Waals surface area contributed by atoms with Crippen molar-refractivity contribution < 1.29 is 9.59 Å². The fraction of sp³-hybridized carbons (Fsp3) is 0.467. The number of anilines is 1. The number of carbonyl (C=O) groups excluding carboxylic acids is 2. The van der Waals surface area contributed by atoms with Crippen LogP contribution < -0.4 is 4.90 Å². The number of hydrogen-bond acceptors (Lipinski definition) is 3. The molecule has 0 aromatic heterocycles. The van der Waals surface area contributed by atoms with Crippen LogP contribution in [0.4, 0.5) is 5.69 Å². The van der Waals surface area contributed by atoms with Gasteiger partial charge >= 0.3 is 0 Å². The Bertz CT molecular complexity index is 513. The molecule has 1 atom stereocenters. The third kappa shape index (κ3) is 3.38. The Morgan fingerprint density at radius 2 is 2.16 bits per heavy atom. The van der Waals surface area contributed by atoms with E-state index < -0.39 is 0 Å². The molecule has 0 radical (unpaired) electrons. The van der Waals surface area contributed by atoms with Crippen LogP contribution in [0.5, 0.6) is 0 Å². The van der Waals surface area contributed by atoms with Gasteiger partial charge in [-0.3, -0.25) is 9.59 Å². The van der Waals surface area contributed by atoms with Gasteiger partial charge in [-0.15, -0.1) is 0 Å². The summed E-state index contributed by atoms with van der Waals surface area (Å²) in [6.45, 7) is 6.38. The zero-order chi connectivity index (χ0) is 14.0. The first-order valence-electron chi connectivity index (χ1n) is 6.48. The summed E-state index contributed by atoms with van der Waals surface area (Å²) in [5, 5.41) is 0.123. The molecule has 1 aromatic rings. The molecule has 19 heavy (non-hydrogen) atoms. The van der Waals surface area contributed by atoms with Gasteiger partial charge in [-0.05, 0) is 31.4 Å².